The molecular weight excluding hydrogens is 442 g/mol. The number of carbonyl (C=O) groups is 2. The SMILES string of the molecule is O=C(Nc1ccc(-n2cnc3ccccc32)nc1)c1ccc2c(c1)S(=O)(=O)N(C1CC1)C2=O. The number of imidazole rings is 1. The predicted octanol–water partition coefficient (Wildman–Crippen LogP) is 2.98. The van der Waals surface area contributed by atoms with Gasteiger partial charge in [0.05, 0.1) is 28.5 Å². The van der Waals surface area contributed by atoms with Crippen LogP contribution in [0.2, 0.25) is 0 Å². The van der Waals surface area contributed by atoms with Gasteiger partial charge < -0.3 is 5.32 Å². The van der Waals surface area contributed by atoms with E-state index < -0.39 is 21.8 Å². The summed E-state index contributed by atoms with van der Waals surface area (Å²) in [6, 6.07) is 15.0. The molecule has 0 atom stereocenters. The zero-order valence-electron chi connectivity index (χ0n) is 17.2. The van der Waals surface area contributed by atoms with E-state index in [1.54, 1.807) is 18.5 Å². The molecule has 3 heterocycles. The molecule has 0 bridgehead atoms. The smallest absolute Gasteiger partial charge is 0.269 e. The Labute approximate surface area is 188 Å². The number of para-hydroxylation sites is 2. The number of fused-ring (bicyclic) bond motifs is 2. The van der Waals surface area contributed by atoms with Gasteiger partial charge in [0.1, 0.15) is 17.0 Å². The second-order valence-electron chi connectivity index (χ2n) is 8.01. The molecule has 1 aliphatic carbocycles. The highest BCUT2D eigenvalue weighted by Gasteiger charge is 2.48. The molecule has 9 nitrogen and oxygen atoms in total. The van der Waals surface area contributed by atoms with Gasteiger partial charge in [0.25, 0.3) is 21.8 Å². The van der Waals surface area contributed by atoms with E-state index in [1.807, 2.05) is 28.8 Å². The number of sulfonamides is 1. The van der Waals surface area contributed by atoms with E-state index in [2.05, 4.69) is 15.3 Å². The van der Waals surface area contributed by atoms with Crippen LogP contribution in [0.4, 0.5) is 5.69 Å². The lowest BCUT2D eigenvalue weighted by Gasteiger charge is -2.13. The van der Waals surface area contributed by atoms with E-state index in [-0.39, 0.29) is 22.1 Å². The highest BCUT2D eigenvalue weighted by atomic mass is 32.2. The first-order chi connectivity index (χ1) is 15.9. The minimum absolute atomic E-state index is 0.108. The van der Waals surface area contributed by atoms with Gasteiger partial charge in [-0.3, -0.25) is 14.2 Å². The zero-order valence-corrected chi connectivity index (χ0v) is 18.0. The van der Waals surface area contributed by atoms with E-state index in [4.69, 9.17) is 0 Å². The average Bonchev–Trinajstić information content (AvgIpc) is 3.51. The highest BCUT2D eigenvalue weighted by molar-refractivity contribution is 7.90. The molecule has 0 unspecified atom stereocenters. The van der Waals surface area contributed by atoms with Crippen molar-refractivity contribution in [2.45, 2.75) is 23.8 Å². The number of hydrogen-bond donors (Lipinski definition) is 1. The molecule has 0 radical (unpaired) electrons. The summed E-state index contributed by atoms with van der Waals surface area (Å²) in [5.41, 5.74) is 2.47. The standard InChI is InChI=1S/C23H17N5O4S/c29-22(14-5-9-17-20(11-14)33(31,32)28(23(17)30)16-7-8-16)26-15-6-10-21(24-12-15)27-13-25-18-3-1-2-4-19(18)27/h1-6,9-13,16H,7-8H2,(H,26,29). The number of nitrogens with zero attached hydrogens (tertiary/aromatic N) is 4. The Morgan fingerprint density at radius 1 is 1.03 bits per heavy atom. The summed E-state index contributed by atoms with van der Waals surface area (Å²) < 4.78 is 28.4. The van der Waals surface area contributed by atoms with Crippen molar-refractivity contribution < 1.29 is 18.0 Å². The van der Waals surface area contributed by atoms with E-state index in [0.717, 1.165) is 15.3 Å². The number of benzene rings is 2. The van der Waals surface area contributed by atoms with Crippen molar-refractivity contribution in [3.8, 4) is 5.82 Å². The third kappa shape index (κ3) is 3.10. The van der Waals surface area contributed by atoms with Gasteiger partial charge in [0, 0.05) is 11.6 Å². The predicted molar refractivity (Wildman–Crippen MR) is 120 cm³/mol. The van der Waals surface area contributed by atoms with Crippen LogP contribution in [-0.4, -0.2) is 45.1 Å². The van der Waals surface area contributed by atoms with E-state index >= 15 is 0 Å². The average molecular weight is 459 g/mol. The number of hydrogen-bond acceptors (Lipinski definition) is 6. The van der Waals surface area contributed by atoms with Crippen LogP contribution in [0.5, 0.6) is 0 Å². The second-order valence-corrected chi connectivity index (χ2v) is 9.79. The Morgan fingerprint density at radius 2 is 1.85 bits per heavy atom. The Morgan fingerprint density at radius 3 is 2.61 bits per heavy atom. The first kappa shape index (κ1) is 19.6. The molecule has 1 N–H and O–H groups in total. The zero-order chi connectivity index (χ0) is 22.7. The van der Waals surface area contributed by atoms with Crippen molar-refractivity contribution in [3.63, 3.8) is 0 Å². The molecule has 164 valence electrons. The topological polar surface area (TPSA) is 114 Å². The van der Waals surface area contributed by atoms with Crippen LogP contribution in [-0.2, 0) is 10.0 Å². The molecule has 10 heteroatoms. The van der Waals surface area contributed by atoms with Gasteiger partial charge in [0.2, 0.25) is 0 Å². The quantitative estimate of drug-likeness (QED) is 0.502. The van der Waals surface area contributed by atoms with Gasteiger partial charge in [-0.1, -0.05) is 12.1 Å². The summed E-state index contributed by atoms with van der Waals surface area (Å²) in [6.07, 6.45) is 4.54. The molecule has 4 aromatic rings. The van der Waals surface area contributed by atoms with Crippen LogP contribution in [0, 0.1) is 0 Å². The summed E-state index contributed by atoms with van der Waals surface area (Å²) in [4.78, 5) is 33.9. The molecule has 0 spiro atoms. The number of pyridine rings is 1. The highest BCUT2D eigenvalue weighted by Crippen LogP contribution is 2.39. The lowest BCUT2D eigenvalue weighted by molar-refractivity contribution is 0.0864. The number of amides is 2. The summed E-state index contributed by atoms with van der Waals surface area (Å²) in [5, 5.41) is 2.72. The van der Waals surface area contributed by atoms with Gasteiger partial charge in [-0.2, -0.15) is 0 Å². The molecule has 0 saturated heterocycles. The van der Waals surface area contributed by atoms with Crippen LogP contribution in [0.25, 0.3) is 16.9 Å². The van der Waals surface area contributed by atoms with Crippen LogP contribution in [0.1, 0.15) is 33.6 Å². The van der Waals surface area contributed by atoms with Crippen molar-refractivity contribution in [1.29, 1.82) is 0 Å². The molecule has 2 amide bonds. The normalized spacial score (nSPS) is 16.7. The number of rotatable bonds is 4. The third-order valence-corrected chi connectivity index (χ3v) is 7.67. The first-order valence-corrected chi connectivity index (χ1v) is 11.8. The Bertz CT molecular complexity index is 1560. The Balaban J connectivity index is 1.25. The maximum absolute atomic E-state index is 12.8. The van der Waals surface area contributed by atoms with Gasteiger partial charge in [0.15, 0.2) is 0 Å². The van der Waals surface area contributed by atoms with Crippen molar-refractivity contribution in [3.05, 3.63) is 78.2 Å². The Hall–Kier alpha value is -4.05. The van der Waals surface area contributed by atoms with E-state index in [0.29, 0.717) is 24.3 Å². The lowest BCUT2D eigenvalue weighted by Crippen LogP contribution is -2.31. The molecule has 2 aliphatic rings. The minimum atomic E-state index is -3.93. The summed E-state index contributed by atoms with van der Waals surface area (Å²) >= 11 is 0. The summed E-state index contributed by atoms with van der Waals surface area (Å²) in [6.45, 7) is 0. The van der Waals surface area contributed by atoms with E-state index in [9.17, 15) is 18.0 Å². The molecule has 2 aromatic heterocycles. The number of carbonyl (C=O) groups excluding carboxylic acids is 2. The van der Waals surface area contributed by atoms with Gasteiger partial charge in [-0.25, -0.2) is 22.7 Å². The van der Waals surface area contributed by atoms with Crippen LogP contribution in [0.15, 0.2) is 72.0 Å². The molecule has 6 rings (SSSR count). The number of anilines is 1. The molecule has 1 aliphatic heterocycles. The van der Waals surface area contributed by atoms with Gasteiger partial charge in [-0.05, 0) is 55.3 Å². The maximum Gasteiger partial charge on any atom is 0.269 e. The van der Waals surface area contributed by atoms with Crippen molar-refractivity contribution in [2.75, 3.05) is 5.32 Å². The van der Waals surface area contributed by atoms with E-state index in [1.165, 1.54) is 24.4 Å². The van der Waals surface area contributed by atoms with Crippen LogP contribution >= 0.6 is 0 Å². The van der Waals surface area contributed by atoms with Crippen molar-refractivity contribution in [1.82, 2.24) is 18.8 Å². The molecular formula is C23H17N5O4S. The molecule has 2 aromatic carbocycles. The second kappa shape index (κ2) is 6.97. The first-order valence-electron chi connectivity index (χ1n) is 10.4. The Kier molecular flexibility index (Phi) is 4.15. The van der Waals surface area contributed by atoms with Gasteiger partial charge in [-0.15, -0.1) is 0 Å². The summed E-state index contributed by atoms with van der Waals surface area (Å²) in [5.74, 6) is -0.372. The van der Waals surface area contributed by atoms with Crippen LogP contribution < -0.4 is 5.32 Å². The van der Waals surface area contributed by atoms with Crippen molar-refractivity contribution in [2.24, 2.45) is 0 Å². The monoisotopic (exact) mass is 459 g/mol. The maximum atomic E-state index is 12.8. The minimum Gasteiger partial charge on any atom is -0.321 e. The molecule has 33 heavy (non-hydrogen) atoms. The van der Waals surface area contributed by atoms with Gasteiger partial charge >= 0.3 is 0 Å². The molecule has 1 saturated carbocycles. The summed E-state index contributed by atoms with van der Waals surface area (Å²) in [7, 11) is -3.93. The number of nitrogens with one attached hydrogen (secondary N) is 1. The number of aromatic nitrogens is 3. The fourth-order valence-electron chi connectivity index (χ4n) is 4.01. The molecule has 1 fully saturated rings. The largest absolute Gasteiger partial charge is 0.321 e. The van der Waals surface area contributed by atoms with Crippen LogP contribution in [0.3, 0.4) is 0 Å². The van der Waals surface area contributed by atoms with Crippen molar-refractivity contribution >= 4 is 38.6 Å². The third-order valence-electron chi connectivity index (χ3n) is 5.80. The fourth-order valence-corrected chi connectivity index (χ4v) is 5.85. The fraction of sp³-hybridized carbons (Fsp3) is 0.130. The lowest BCUT2D eigenvalue weighted by atomic mass is 10.1.